The molecule has 8 nitrogen and oxygen atoms in total. The van der Waals surface area contributed by atoms with Crippen molar-refractivity contribution in [3.8, 4) is 0 Å². The van der Waals surface area contributed by atoms with Crippen molar-refractivity contribution in [3.63, 3.8) is 0 Å². The van der Waals surface area contributed by atoms with E-state index < -0.39 is 15.9 Å². The first-order valence-electron chi connectivity index (χ1n) is 8.40. The molecule has 2 rings (SSSR count). The predicted molar refractivity (Wildman–Crippen MR) is 106 cm³/mol. The maximum Gasteiger partial charge on any atom is 0.245 e. The summed E-state index contributed by atoms with van der Waals surface area (Å²) in [4.78, 5) is 29.4. The molecule has 0 aliphatic rings. The Morgan fingerprint density at radius 3 is 2.61 bits per heavy atom. The molecule has 1 aromatic carbocycles. The number of sulfonamides is 1. The molecule has 10 heteroatoms. The summed E-state index contributed by atoms with van der Waals surface area (Å²) in [6.07, 6.45) is 1.47. The number of carbonyl (C=O) groups excluding carboxylic acids is 2. The number of benzene rings is 1. The highest BCUT2D eigenvalue weighted by atomic mass is 35.5. The van der Waals surface area contributed by atoms with E-state index in [1.807, 2.05) is 6.92 Å². The predicted octanol–water partition coefficient (Wildman–Crippen LogP) is 1.81. The summed E-state index contributed by atoms with van der Waals surface area (Å²) in [7, 11) is -2.35. The quantitative estimate of drug-likeness (QED) is 0.671. The zero-order valence-corrected chi connectivity index (χ0v) is 17.0. The molecule has 0 unspecified atom stereocenters. The number of carbonyl (C=O) groups is 2. The SMILES string of the molecule is Cc1ccnc(NC(=O)CN(C)C(=O)CCNS(=O)(=O)c2ccccc2Cl)c1. The molecular weight excluding hydrogens is 404 g/mol. The van der Waals surface area contributed by atoms with E-state index in [0.29, 0.717) is 5.82 Å². The molecule has 0 saturated carbocycles. The van der Waals surface area contributed by atoms with Crippen LogP contribution in [0.15, 0.2) is 47.5 Å². The minimum atomic E-state index is -3.82. The van der Waals surface area contributed by atoms with Crippen LogP contribution in [0.5, 0.6) is 0 Å². The van der Waals surface area contributed by atoms with Crippen molar-refractivity contribution in [3.05, 3.63) is 53.2 Å². The summed E-state index contributed by atoms with van der Waals surface area (Å²) in [5.41, 5.74) is 0.945. The van der Waals surface area contributed by atoms with Gasteiger partial charge in [-0.1, -0.05) is 23.7 Å². The summed E-state index contributed by atoms with van der Waals surface area (Å²) in [5, 5.41) is 2.70. The number of aromatic nitrogens is 1. The monoisotopic (exact) mass is 424 g/mol. The van der Waals surface area contributed by atoms with Gasteiger partial charge in [0.2, 0.25) is 21.8 Å². The third-order valence-electron chi connectivity index (χ3n) is 3.75. The molecule has 2 amide bonds. The molecule has 0 atom stereocenters. The lowest BCUT2D eigenvalue weighted by atomic mass is 10.3. The Morgan fingerprint density at radius 1 is 1.21 bits per heavy atom. The number of nitrogens with one attached hydrogen (secondary N) is 2. The van der Waals surface area contributed by atoms with E-state index in [0.717, 1.165) is 5.56 Å². The van der Waals surface area contributed by atoms with Gasteiger partial charge in [-0.3, -0.25) is 9.59 Å². The molecule has 2 aromatic rings. The van der Waals surface area contributed by atoms with Crippen molar-refractivity contribution >= 4 is 39.3 Å². The Labute approximate surface area is 169 Å². The lowest BCUT2D eigenvalue weighted by Gasteiger charge is -2.17. The fourth-order valence-corrected chi connectivity index (χ4v) is 3.86. The topological polar surface area (TPSA) is 108 Å². The van der Waals surface area contributed by atoms with Gasteiger partial charge >= 0.3 is 0 Å². The average molecular weight is 425 g/mol. The van der Waals surface area contributed by atoms with Gasteiger partial charge in [-0.2, -0.15) is 0 Å². The number of pyridine rings is 1. The highest BCUT2D eigenvalue weighted by molar-refractivity contribution is 7.89. The van der Waals surface area contributed by atoms with Crippen LogP contribution in [-0.2, 0) is 19.6 Å². The normalized spacial score (nSPS) is 11.1. The van der Waals surface area contributed by atoms with Crippen LogP contribution in [0.3, 0.4) is 0 Å². The lowest BCUT2D eigenvalue weighted by Crippen LogP contribution is -2.37. The Bertz CT molecular complexity index is 966. The number of amides is 2. The van der Waals surface area contributed by atoms with Crippen molar-refractivity contribution in [2.75, 3.05) is 25.5 Å². The molecule has 0 spiro atoms. The third-order valence-corrected chi connectivity index (χ3v) is 5.71. The molecular formula is C18H21ClN4O4S. The summed E-state index contributed by atoms with van der Waals surface area (Å²) < 4.78 is 26.8. The second kappa shape index (κ2) is 9.63. The Kier molecular flexibility index (Phi) is 7.50. The van der Waals surface area contributed by atoms with Gasteiger partial charge in [0.05, 0.1) is 11.6 Å². The molecule has 0 fully saturated rings. The van der Waals surface area contributed by atoms with Gasteiger partial charge in [-0.15, -0.1) is 0 Å². The van der Waals surface area contributed by atoms with Crippen molar-refractivity contribution in [2.45, 2.75) is 18.2 Å². The summed E-state index contributed by atoms with van der Waals surface area (Å²) in [6.45, 7) is 1.58. The van der Waals surface area contributed by atoms with Crippen LogP contribution in [0, 0.1) is 6.92 Å². The first-order chi connectivity index (χ1) is 13.2. The smallest absolute Gasteiger partial charge is 0.245 e. The molecule has 2 N–H and O–H groups in total. The minimum Gasteiger partial charge on any atom is -0.336 e. The van der Waals surface area contributed by atoms with Crippen LogP contribution in [0.1, 0.15) is 12.0 Å². The number of aryl methyl sites for hydroxylation is 1. The van der Waals surface area contributed by atoms with Crippen LogP contribution in [0.2, 0.25) is 5.02 Å². The van der Waals surface area contributed by atoms with Crippen LogP contribution in [-0.4, -0.2) is 50.3 Å². The number of rotatable bonds is 8. The summed E-state index contributed by atoms with van der Waals surface area (Å²) >= 11 is 5.89. The van der Waals surface area contributed by atoms with Crippen LogP contribution < -0.4 is 10.0 Å². The van der Waals surface area contributed by atoms with Gasteiger partial charge in [-0.25, -0.2) is 18.1 Å². The number of nitrogens with zero attached hydrogens (tertiary/aromatic N) is 2. The lowest BCUT2D eigenvalue weighted by molar-refractivity contribution is -0.133. The Balaban J connectivity index is 1.82. The van der Waals surface area contributed by atoms with Crippen molar-refractivity contribution in [2.24, 2.45) is 0 Å². The second-order valence-electron chi connectivity index (χ2n) is 6.09. The van der Waals surface area contributed by atoms with Gasteiger partial charge in [0.15, 0.2) is 0 Å². The minimum absolute atomic E-state index is 0.0532. The van der Waals surface area contributed by atoms with E-state index in [2.05, 4.69) is 15.0 Å². The van der Waals surface area contributed by atoms with E-state index in [1.54, 1.807) is 30.5 Å². The van der Waals surface area contributed by atoms with Crippen LogP contribution in [0.25, 0.3) is 0 Å². The molecule has 0 radical (unpaired) electrons. The van der Waals surface area contributed by atoms with E-state index in [4.69, 9.17) is 11.6 Å². The van der Waals surface area contributed by atoms with E-state index in [9.17, 15) is 18.0 Å². The number of hydrogen-bond acceptors (Lipinski definition) is 5. The first kappa shape index (κ1) is 21.8. The Hall–Kier alpha value is -2.49. The molecule has 28 heavy (non-hydrogen) atoms. The van der Waals surface area contributed by atoms with Gasteiger partial charge < -0.3 is 10.2 Å². The zero-order chi connectivity index (χ0) is 20.7. The molecule has 1 heterocycles. The van der Waals surface area contributed by atoms with E-state index >= 15 is 0 Å². The fraction of sp³-hybridized carbons (Fsp3) is 0.278. The highest BCUT2D eigenvalue weighted by Crippen LogP contribution is 2.19. The van der Waals surface area contributed by atoms with Crippen LogP contribution >= 0.6 is 11.6 Å². The molecule has 0 bridgehead atoms. The molecule has 0 saturated heterocycles. The Morgan fingerprint density at radius 2 is 1.93 bits per heavy atom. The average Bonchev–Trinajstić information content (AvgIpc) is 2.61. The van der Waals surface area contributed by atoms with Crippen molar-refractivity contribution in [1.29, 1.82) is 0 Å². The largest absolute Gasteiger partial charge is 0.336 e. The summed E-state index contributed by atoms with van der Waals surface area (Å²) in [5.74, 6) is -0.377. The maximum absolute atomic E-state index is 12.2. The highest BCUT2D eigenvalue weighted by Gasteiger charge is 2.18. The number of likely N-dealkylation sites (N-methyl/N-ethyl adjacent to an activating group) is 1. The van der Waals surface area contributed by atoms with Gasteiger partial charge in [0.1, 0.15) is 10.7 Å². The van der Waals surface area contributed by atoms with E-state index in [1.165, 1.54) is 24.1 Å². The van der Waals surface area contributed by atoms with Gasteiger partial charge in [0.25, 0.3) is 0 Å². The second-order valence-corrected chi connectivity index (χ2v) is 8.24. The standard InChI is InChI=1S/C18H21ClN4O4S/c1-13-7-9-20-16(11-13)22-17(24)12-23(2)18(25)8-10-21-28(26,27)15-6-4-3-5-14(15)19/h3-7,9,11,21H,8,10,12H2,1-2H3,(H,20,22,24). The molecule has 0 aliphatic heterocycles. The summed E-state index contributed by atoms with van der Waals surface area (Å²) in [6, 6.07) is 9.54. The third kappa shape index (κ3) is 6.29. The molecule has 1 aromatic heterocycles. The van der Waals surface area contributed by atoms with E-state index in [-0.39, 0.29) is 35.3 Å². The number of hydrogen-bond donors (Lipinski definition) is 2. The number of anilines is 1. The van der Waals surface area contributed by atoms with Gasteiger partial charge in [-0.05, 0) is 36.8 Å². The maximum atomic E-state index is 12.2. The molecule has 150 valence electrons. The zero-order valence-electron chi connectivity index (χ0n) is 15.5. The first-order valence-corrected chi connectivity index (χ1v) is 10.3. The van der Waals surface area contributed by atoms with Crippen LogP contribution in [0.4, 0.5) is 5.82 Å². The van der Waals surface area contributed by atoms with Crippen molar-refractivity contribution < 1.29 is 18.0 Å². The van der Waals surface area contributed by atoms with Gasteiger partial charge in [0, 0.05) is 26.2 Å². The fourth-order valence-electron chi connectivity index (χ4n) is 2.31. The van der Waals surface area contributed by atoms with Crippen molar-refractivity contribution in [1.82, 2.24) is 14.6 Å². The number of halogens is 1. The molecule has 0 aliphatic carbocycles.